The van der Waals surface area contributed by atoms with E-state index in [0.29, 0.717) is 22.8 Å². The van der Waals surface area contributed by atoms with Gasteiger partial charge in [-0.1, -0.05) is 11.6 Å². The van der Waals surface area contributed by atoms with Gasteiger partial charge in [0, 0.05) is 37.8 Å². The third-order valence-electron chi connectivity index (χ3n) is 3.91. The van der Waals surface area contributed by atoms with Crippen molar-refractivity contribution in [2.75, 3.05) is 23.7 Å². The number of amides is 1. The Labute approximate surface area is 131 Å². The minimum atomic E-state index is -0.112. The molecule has 0 bridgehead atoms. The lowest BCUT2D eigenvalue weighted by atomic mass is 10.0. The van der Waals surface area contributed by atoms with Crippen LogP contribution in [0.1, 0.15) is 33.6 Å². The number of hydrogen-bond acceptors (Lipinski definition) is 3. The Morgan fingerprint density at radius 2 is 2.00 bits per heavy atom. The van der Waals surface area contributed by atoms with Crippen LogP contribution < -0.4 is 10.6 Å². The zero-order valence-electron chi connectivity index (χ0n) is 12.9. The fourth-order valence-corrected chi connectivity index (χ4v) is 2.86. The van der Waals surface area contributed by atoms with E-state index < -0.39 is 0 Å². The second-order valence-electron chi connectivity index (χ2n) is 5.92. The van der Waals surface area contributed by atoms with Crippen LogP contribution in [-0.2, 0) is 4.79 Å². The molecule has 0 aromatic heterocycles. The summed E-state index contributed by atoms with van der Waals surface area (Å²) < 4.78 is 0. The molecule has 1 aromatic carbocycles. The van der Waals surface area contributed by atoms with Crippen LogP contribution in [0.3, 0.4) is 0 Å². The average molecular weight is 310 g/mol. The van der Waals surface area contributed by atoms with Crippen LogP contribution in [-0.4, -0.2) is 36.0 Å². The van der Waals surface area contributed by atoms with Gasteiger partial charge in [0.05, 0.1) is 10.7 Å². The second-order valence-corrected chi connectivity index (χ2v) is 6.33. The van der Waals surface area contributed by atoms with E-state index in [-0.39, 0.29) is 5.91 Å². The largest absolute Gasteiger partial charge is 0.382 e. The molecule has 1 heterocycles. The quantitative estimate of drug-likeness (QED) is 0.893. The third kappa shape index (κ3) is 4.61. The lowest BCUT2D eigenvalue weighted by molar-refractivity contribution is -0.114. The molecule has 1 aliphatic heterocycles. The first kappa shape index (κ1) is 16.1. The van der Waals surface area contributed by atoms with Crippen molar-refractivity contribution in [3.05, 3.63) is 23.2 Å². The number of benzene rings is 1. The third-order valence-corrected chi connectivity index (χ3v) is 4.24. The smallest absolute Gasteiger partial charge is 0.221 e. The van der Waals surface area contributed by atoms with Crippen molar-refractivity contribution < 1.29 is 4.79 Å². The molecule has 0 saturated carbocycles. The van der Waals surface area contributed by atoms with Gasteiger partial charge >= 0.3 is 0 Å². The molecule has 4 nitrogen and oxygen atoms in total. The van der Waals surface area contributed by atoms with E-state index >= 15 is 0 Å². The van der Waals surface area contributed by atoms with Gasteiger partial charge in [0.25, 0.3) is 0 Å². The molecule has 5 heteroatoms. The maximum atomic E-state index is 11.2. The summed E-state index contributed by atoms with van der Waals surface area (Å²) in [6.45, 7) is 8.22. The summed E-state index contributed by atoms with van der Waals surface area (Å²) in [4.78, 5) is 13.7. The van der Waals surface area contributed by atoms with Crippen molar-refractivity contribution in [2.45, 2.75) is 45.7 Å². The SMILES string of the molecule is CC(=O)Nc1cc(NC2CCN(C(C)C)CC2)ccc1Cl. The topological polar surface area (TPSA) is 44.4 Å². The van der Waals surface area contributed by atoms with Gasteiger partial charge in [0.15, 0.2) is 0 Å². The van der Waals surface area contributed by atoms with Crippen LogP contribution in [0.15, 0.2) is 18.2 Å². The summed E-state index contributed by atoms with van der Waals surface area (Å²) in [5, 5.41) is 6.86. The first-order chi connectivity index (χ1) is 9.95. The predicted molar refractivity (Wildman–Crippen MR) is 89.1 cm³/mol. The minimum Gasteiger partial charge on any atom is -0.382 e. The van der Waals surface area contributed by atoms with Crippen LogP contribution in [0, 0.1) is 0 Å². The first-order valence-corrected chi connectivity index (χ1v) is 7.91. The van der Waals surface area contributed by atoms with Crippen LogP contribution in [0.25, 0.3) is 0 Å². The summed E-state index contributed by atoms with van der Waals surface area (Å²) >= 11 is 6.09. The number of carbonyl (C=O) groups excluding carboxylic acids is 1. The molecule has 1 saturated heterocycles. The second kappa shape index (κ2) is 7.14. The molecule has 0 radical (unpaired) electrons. The molecule has 21 heavy (non-hydrogen) atoms. The van der Waals surface area contributed by atoms with E-state index in [9.17, 15) is 4.79 Å². The fraction of sp³-hybridized carbons (Fsp3) is 0.562. The van der Waals surface area contributed by atoms with Gasteiger partial charge < -0.3 is 15.5 Å². The number of nitrogens with one attached hydrogen (secondary N) is 2. The molecule has 2 N–H and O–H groups in total. The zero-order valence-corrected chi connectivity index (χ0v) is 13.7. The number of carbonyl (C=O) groups is 1. The van der Waals surface area contributed by atoms with E-state index in [4.69, 9.17) is 11.6 Å². The first-order valence-electron chi connectivity index (χ1n) is 7.53. The van der Waals surface area contributed by atoms with E-state index in [0.717, 1.165) is 31.6 Å². The molecule has 1 fully saturated rings. The Morgan fingerprint density at radius 3 is 2.57 bits per heavy atom. The Morgan fingerprint density at radius 1 is 1.33 bits per heavy atom. The van der Waals surface area contributed by atoms with Gasteiger partial charge in [-0.25, -0.2) is 0 Å². The highest BCUT2D eigenvalue weighted by molar-refractivity contribution is 6.33. The normalized spacial score (nSPS) is 17.0. The molecule has 1 amide bonds. The number of hydrogen-bond donors (Lipinski definition) is 2. The Hall–Kier alpha value is -1.26. The summed E-state index contributed by atoms with van der Waals surface area (Å²) in [6.07, 6.45) is 2.27. The summed E-state index contributed by atoms with van der Waals surface area (Å²) in [6, 6.07) is 6.78. The maximum Gasteiger partial charge on any atom is 0.221 e. The monoisotopic (exact) mass is 309 g/mol. The average Bonchev–Trinajstić information content (AvgIpc) is 2.42. The molecule has 0 aliphatic carbocycles. The van der Waals surface area contributed by atoms with Gasteiger partial charge in [-0.2, -0.15) is 0 Å². The molecule has 0 unspecified atom stereocenters. The standard InChI is InChI=1S/C16H24ClN3O/c1-11(2)20-8-6-13(7-9-20)19-14-4-5-15(17)16(10-14)18-12(3)21/h4-5,10-11,13,19H,6-9H2,1-3H3,(H,18,21). The van der Waals surface area contributed by atoms with Crippen LogP contribution in [0.5, 0.6) is 0 Å². The molecule has 1 aromatic rings. The lowest BCUT2D eigenvalue weighted by Crippen LogP contribution is -2.42. The molecule has 116 valence electrons. The van der Waals surface area contributed by atoms with E-state index in [1.807, 2.05) is 18.2 Å². The van der Waals surface area contributed by atoms with E-state index in [2.05, 4.69) is 29.4 Å². The highest BCUT2D eigenvalue weighted by atomic mass is 35.5. The number of anilines is 2. The van der Waals surface area contributed by atoms with Crippen molar-refractivity contribution in [3.8, 4) is 0 Å². The number of nitrogens with zero attached hydrogens (tertiary/aromatic N) is 1. The van der Waals surface area contributed by atoms with Crippen LogP contribution in [0.4, 0.5) is 11.4 Å². The number of likely N-dealkylation sites (tertiary alicyclic amines) is 1. The van der Waals surface area contributed by atoms with E-state index in [1.165, 1.54) is 6.92 Å². The molecule has 0 spiro atoms. The van der Waals surface area contributed by atoms with E-state index in [1.54, 1.807) is 0 Å². The molecule has 1 aliphatic rings. The van der Waals surface area contributed by atoms with Gasteiger partial charge in [-0.15, -0.1) is 0 Å². The van der Waals surface area contributed by atoms with Crippen LogP contribution in [0.2, 0.25) is 5.02 Å². The van der Waals surface area contributed by atoms with Crippen molar-refractivity contribution in [2.24, 2.45) is 0 Å². The summed E-state index contributed by atoms with van der Waals surface area (Å²) in [5.41, 5.74) is 1.67. The van der Waals surface area contributed by atoms with Gasteiger partial charge in [0.2, 0.25) is 5.91 Å². The van der Waals surface area contributed by atoms with Crippen molar-refractivity contribution >= 4 is 28.9 Å². The Balaban J connectivity index is 1.96. The molecular weight excluding hydrogens is 286 g/mol. The summed E-state index contributed by atoms with van der Waals surface area (Å²) in [7, 11) is 0. The zero-order chi connectivity index (χ0) is 15.4. The van der Waals surface area contributed by atoms with Crippen molar-refractivity contribution in [1.29, 1.82) is 0 Å². The number of halogens is 1. The molecule has 0 atom stereocenters. The number of rotatable bonds is 4. The van der Waals surface area contributed by atoms with Gasteiger partial charge in [0.1, 0.15) is 0 Å². The Kier molecular flexibility index (Phi) is 5.48. The predicted octanol–water partition coefficient (Wildman–Crippen LogP) is 3.58. The molecular formula is C16H24ClN3O. The van der Waals surface area contributed by atoms with Crippen molar-refractivity contribution in [3.63, 3.8) is 0 Å². The number of piperidine rings is 1. The summed E-state index contributed by atoms with van der Waals surface area (Å²) in [5.74, 6) is -0.112. The fourth-order valence-electron chi connectivity index (χ4n) is 2.70. The van der Waals surface area contributed by atoms with Gasteiger partial charge in [-0.3, -0.25) is 4.79 Å². The van der Waals surface area contributed by atoms with Crippen LogP contribution >= 0.6 is 11.6 Å². The highest BCUT2D eigenvalue weighted by Gasteiger charge is 2.20. The van der Waals surface area contributed by atoms with Gasteiger partial charge in [-0.05, 0) is 44.9 Å². The lowest BCUT2D eigenvalue weighted by Gasteiger charge is -2.35. The van der Waals surface area contributed by atoms with Crippen molar-refractivity contribution in [1.82, 2.24) is 4.90 Å². The molecule has 2 rings (SSSR count). The highest BCUT2D eigenvalue weighted by Crippen LogP contribution is 2.27. The Bertz CT molecular complexity index is 496. The minimum absolute atomic E-state index is 0.112. The maximum absolute atomic E-state index is 11.2.